The summed E-state index contributed by atoms with van der Waals surface area (Å²) < 4.78 is 0. The van der Waals surface area contributed by atoms with E-state index in [1.807, 2.05) is 30.9 Å². The lowest BCUT2D eigenvalue weighted by Gasteiger charge is -2.35. The summed E-state index contributed by atoms with van der Waals surface area (Å²) in [6.07, 6.45) is 3.98. The minimum Gasteiger partial charge on any atom is -0.508 e. The van der Waals surface area contributed by atoms with Crippen molar-refractivity contribution in [1.82, 2.24) is 10.2 Å². The molecule has 2 N–H and O–H groups in total. The first-order valence-corrected chi connectivity index (χ1v) is 11.3. The molecule has 1 heterocycles. The molecule has 5 nitrogen and oxygen atoms in total. The summed E-state index contributed by atoms with van der Waals surface area (Å²) in [5, 5.41) is 12.7. The Morgan fingerprint density at radius 2 is 1.74 bits per heavy atom. The third-order valence-electron chi connectivity index (χ3n) is 6.04. The van der Waals surface area contributed by atoms with Gasteiger partial charge in [0.05, 0.1) is 10.6 Å². The number of nitrogens with one attached hydrogen (secondary N) is 1. The third kappa shape index (κ3) is 6.23. The number of halogens is 1. The number of nitrogens with zero attached hydrogens (tertiary/aromatic N) is 1. The fourth-order valence-electron chi connectivity index (χ4n) is 4.05. The SMILES string of the molecule is CC(C)C(NC(=O)c1ccccc1Cl)C(=O)N1CCC(CCc2ccc(O)cc2)CC1. The lowest BCUT2D eigenvalue weighted by atomic mass is 9.90. The first kappa shape index (κ1) is 23.1. The fraction of sp³-hybridized carbons (Fsp3) is 0.440. The monoisotopic (exact) mass is 442 g/mol. The van der Waals surface area contributed by atoms with E-state index in [9.17, 15) is 14.7 Å². The molecule has 0 bridgehead atoms. The van der Waals surface area contributed by atoms with Crippen LogP contribution in [0.15, 0.2) is 48.5 Å². The van der Waals surface area contributed by atoms with E-state index in [1.54, 1.807) is 36.4 Å². The van der Waals surface area contributed by atoms with Crippen molar-refractivity contribution < 1.29 is 14.7 Å². The number of likely N-dealkylation sites (tertiary alicyclic amines) is 1. The number of benzene rings is 2. The zero-order chi connectivity index (χ0) is 22.4. The molecule has 0 spiro atoms. The maximum absolute atomic E-state index is 13.2. The number of hydrogen-bond acceptors (Lipinski definition) is 3. The maximum Gasteiger partial charge on any atom is 0.253 e. The highest BCUT2D eigenvalue weighted by atomic mass is 35.5. The lowest BCUT2D eigenvalue weighted by molar-refractivity contribution is -0.135. The molecule has 0 radical (unpaired) electrons. The Morgan fingerprint density at radius 3 is 2.35 bits per heavy atom. The number of aromatic hydroxyl groups is 1. The van der Waals surface area contributed by atoms with Crippen LogP contribution < -0.4 is 5.32 Å². The van der Waals surface area contributed by atoms with E-state index in [4.69, 9.17) is 11.6 Å². The smallest absolute Gasteiger partial charge is 0.253 e. The summed E-state index contributed by atoms with van der Waals surface area (Å²) >= 11 is 6.14. The Morgan fingerprint density at radius 1 is 1.10 bits per heavy atom. The van der Waals surface area contributed by atoms with Gasteiger partial charge in [-0.05, 0) is 67.3 Å². The van der Waals surface area contributed by atoms with Crippen molar-refractivity contribution in [3.8, 4) is 5.75 Å². The molecule has 0 aliphatic carbocycles. The van der Waals surface area contributed by atoms with Crippen LogP contribution in [0.4, 0.5) is 0 Å². The Kier molecular flexibility index (Phi) is 7.97. The van der Waals surface area contributed by atoms with Crippen LogP contribution in [0, 0.1) is 11.8 Å². The standard InChI is InChI=1S/C25H31ClN2O3/c1-17(2)23(27-24(30)21-5-3-4-6-22(21)26)25(31)28-15-13-19(14-16-28)8-7-18-9-11-20(29)12-10-18/h3-6,9-12,17,19,23,29H,7-8,13-16H2,1-2H3,(H,27,30). The number of phenols is 1. The second kappa shape index (κ2) is 10.7. The summed E-state index contributed by atoms with van der Waals surface area (Å²) in [6.45, 7) is 5.31. The van der Waals surface area contributed by atoms with Gasteiger partial charge in [0, 0.05) is 13.1 Å². The van der Waals surface area contributed by atoms with Gasteiger partial charge in [-0.2, -0.15) is 0 Å². The molecule has 3 rings (SSSR count). The van der Waals surface area contributed by atoms with Crippen LogP contribution in [0.5, 0.6) is 5.75 Å². The predicted molar refractivity (Wildman–Crippen MR) is 123 cm³/mol. The average molecular weight is 443 g/mol. The largest absolute Gasteiger partial charge is 0.508 e. The molecular formula is C25H31ClN2O3. The summed E-state index contributed by atoms with van der Waals surface area (Å²) in [5.74, 6) is 0.505. The van der Waals surface area contributed by atoms with Crippen LogP contribution in [0.1, 0.15) is 49.0 Å². The van der Waals surface area contributed by atoms with Crippen LogP contribution in [0.3, 0.4) is 0 Å². The Balaban J connectivity index is 1.53. The maximum atomic E-state index is 13.2. The molecule has 166 valence electrons. The lowest BCUT2D eigenvalue weighted by Crippen LogP contribution is -2.53. The number of hydrogen-bond donors (Lipinski definition) is 2. The van der Waals surface area contributed by atoms with Crippen molar-refractivity contribution in [1.29, 1.82) is 0 Å². The minimum absolute atomic E-state index is 0.0209. The number of phenolic OH excluding ortho intramolecular Hbond substituents is 1. The molecule has 1 fully saturated rings. The summed E-state index contributed by atoms with van der Waals surface area (Å²) in [7, 11) is 0. The number of aryl methyl sites for hydroxylation is 1. The van der Waals surface area contributed by atoms with Crippen LogP contribution in [0.25, 0.3) is 0 Å². The van der Waals surface area contributed by atoms with Gasteiger partial charge in [-0.15, -0.1) is 0 Å². The highest BCUT2D eigenvalue weighted by molar-refractivity contribution is 6.33. The number of rotatable bonds is 7. The molecule has 1 saturated heterocycles. The van der Waals surface area contributed by atoms with Crippen molar-refractivity contribution in [2.24, 2.45) is 11.8 Å². The van der Waals surface area contributed by atoms with Gasteiger partial charge in [-0.1, -0.05) is 49.7 Å². The molecule has 31 heavy (non-hydrogen) atoms. The van der Waals surface area contributed by atoms with E-state index in [1.165, 1.54) is 5.56 Å². The van der Waals surface area contributed by atoms with Gasteiger partial charge in [0.1, 0.15) is 11.8 Å². The molecule has 1 unspecified atom stereocenters. The molecule has 2 amide bonds. The van der Waals surface area contributed by atoms with Crippen LogP contribution in [0.2, 0.25) is 5.02 Å². The second-order valence-electron chi connectivity index (χ2n) is 8.65. The number of amides is 2. The Bertz CT molecular complexity index is 890. The molecular weight excluding hydrogens is 412 g/mol. The van der Waals surface area contributed by atoms with Gasteiger partial charge in [-0.3, -0.25) is 9.59 Å². The van der Waals surface area contributed by atoms with Gasteiger partial charge in [-0.25, -0.2) is 0 Å². The summed E-state index contributed by atoms with van der Waals surface area (Å²) in [4.78, 5) is 27.7. The molecule has 2 aromatic carbocycles. The van der Waals surface area contributed by atoms with Crippen LogP contribution in [-0.2, 0) is 11.2 Å². The fourth-order valence-corrected chi connectivity index (χ4v) is 4.27. The third-order valence-corrected chi connectivity index (χ3v) is 6.37. The predicted octanol–water partition coefficient (Wildman–Crippen LogP) is 4.67. The van der Waals surface area contributed by atoms with Gasteiger partial charge >= 0.3 is 0 Å². The zero-order valence-electron chi connectivity index (χ0n) is 18.2. The van der Waals surface area contributed by atoms with E-state index in [0.29, 0.717) is 29.6 Å². The van der Waals surface area contributed by atoms with E-state index in [0.717, 1.165) is 25.7 Å². The number of piperidine rings is 1. The molecule has 1 atom stereocenters. The van der Waals surface area contributed by atoms with E-state index < -0.39 is 6.04 Å². The van der Waals surface area contributed by atoms with Crippen molar-refractivity contribution in [2.75, 3.05) is 13.1 Å². The van der Waals surface area contributed by atoms with Crippen molar-refractivity contribution in [3.63, 3.8) is 0 Å². The van der Waals surface area contributed by atoms with Crippen LogP contribution in [-0.4, -0.2) is 41.0 Å². The van der Waals surface area contributed by atoms with Gasteiger partial charge in [0.15, 0.2) is 0 Å². The Hall–Kier alpha value is -2.53. The van der Waals surface area contributed by atoms with E-state index in [-0.39, 0.29) is 23.5 Å². The first-order chi connectivity index (χ1) is 14.8. The molecule has 1 aliphatic rings. The normalized spacial score (nSPS) is 15.7. The van der Waals surface area contributed by atoms with Gasteiger partial charge < -0.3 is 15.3 Å². The van der Waals surface area contributed by atoms with Gasteiger partial charge in [0.25, 0.3) is 5.91 Å². The molecule has 6 heteroatoms. The topological polar surface area (TPSA) is 69.6 Å². The molecule has 0 aromatic heterocycles. The van der Waals surface area contributed by atoms with Crippen LogP contribution >= 0.6 is 11.6 Å². The number of carbonyl (C=O) groups is 2. The van der Waals surface area contributed by atoms with E-state index in [2.05, 4.69) is 5.32 Å². The Labute approximate surface area is 189 Å². The summed E-state index contributed by atoms with van der Waals surface area (Å²) in [6, 6.07) is 13.7. The molecule has 1 aliphatic heterocycles. The highest BCUT2D eigenvalue weighted by Gasteiger charge is 2.31. The average Bonchev–Trinajstić information content (AvgIpc) is 2.77. The minimum atomic E-state index is -0.572. The highest BCUT2D eigenvalue weighted by Crippen LogP contribution is 2.24. The van der Waals surface area contributed by atoms with Crippen molar-refractivity contribution in [3.05, 3.63) is 64.7 Å². The summed E-state index contributed by atoms with van der Waals surface area (Å²) in [5.41, 5.74) is 1.61. The van der Waals surface area contributed by atoms with Crippen molar-refractivity contribution >= 4 is 23.4 Å². The molecule has 0 saturated carbocycles. The first-order valence-electron chi connectivity index (χ1n) is 11.0. The second-order valence-corrected chi connectivity index (χ2v) is 9.06. The quantitative estimate of drug-likeness (QED) is 0.654. The van der Waals surface area contributed by atoms with Gasteiger partial charge in [0.2, 0.25) is 5.91 Å². The van der Waals surface area contributed by atoms with Crippen molar-refractivity contribution in [2.45, 2.75) is 45.6 Å². The zero-order valence-corrected chi connectivity index (χ0v) is 18.9. The molecule has 2 aromatic rings. The number of carbonyl (C=O) groups excluding carboxylic acids is 2. The van der Waals surface area contributed by atoms with E-state index >= 15 is 0 Å².